The number of carbonyl (C=O) groups excluding carboxylic acids is 1. The van der Waals surface area contributed by atoms with E-state index in [1.807, 2.05) is 0 Å². The minimum atomic E-state index is -3.12. The number of hydrogen-bond donors (Lipinski definition) is 3. The Kier molecular flexibility index (Phi) is 5.97. The summed E-state index contributed by atoms with van der Waals surface area (Å²) in [6, 6.07) is -0.854. The summed E-state index contributed by atoms with van der Waals surface area (Å²) >= 11 is 0. The maximum Gasteiger partial charge on any atom is 0.237 e. The lowest BCUT2D eigenvalue weighted by molar-refractivity contribution is -0.125. The summed E-state index contributed by atoms with van der Waals surface area (Å²) in [7, 11) is -3.12. The van der Waals surface area contributed by atoms with E-state index in [0.717, 1.165) is 31.9 Å². The molecule has 1 amide bonds. The van der Waals surface area contributed by atoms with Crippen molar-refractivity contribution in [3.63, 3.8) is 0 Å². The highest BCUT2D eigenvalue weighted by atomic mass is 32.2. The number of carbonyl (C=O) groups is 1. The molecule has 4 N–H and O–H groups in total. The van der Waals surface area contributed by atoms with Crippen LogP contribution in [0.5, 0.6) is 0 Å². The molecule has 0 saturated heterocycles. The minimum absolute atomic E-state index is 0.0998. The van der Waals surface area contributed by atoms with Gasteiger partial charge in [-0.3, -0.25) is 4.79 Å². The zero-order valence-corrected chi connectivity index (χ0v) is 13.1. The first-order valence-corrected chi connectivity index (χ1v) is 9.10. The van der Waals surface area contributed by atoms with Gasteiger partial charge in [0, 0.05) is 6.26 Å². The van der Waals surface area contributed by atoms with E-state index in [1.165, 1.54) is 0 Å². The second-order valence-corrected chi connectivity index (χ2v) is 8.40. The predicted octanol–water partition coefficient (Wildman–Crippen LogP) is -0.194. The van der Waals surface area contributed by atoms with Crippen LogP contribution in [-0.4, -0.2) is 49.6 Å². The van der Waals surface area contributed by atoms with Crippen LogP contribution in [0, 0.1) is 5.92 Å². The van der Waals surface area contributed by atoms with Gasteiger partial charge in [-0.15, -0.1) is 0 Å². The normalized spacial score (nSPS) is 28.9. The molecule has 0 aromatic carbocycles. The maximum atomic E-state index is 12.0. The Labute approximate surface area is 121 Å². The molecular weight excluding hydrogens is 280 g/mol. The highest BCUT2D eigenvalue weighted by Crippen LogP contribution is 2.31. The average molecular weight is 306 g/mol. The van der Waals surface area contributed by atoms with Gasteiger partial charge in [-0.1, -0.05) is 6.92 Å². The number of aliphatic hydroxyl groups excluding tert-OH is 1. The van der Waals surface area contributed by atoms with Crippen molar-refractivity contribution in [2.75, 3.05) is 18.6 Å². The molecule has 1 atom stereocenters. The van der Waals surface area contributed by atoms with E-state index in [-0.39, 0.29) is 24.7 Å². The molecule has 0 aromatic heterocycles. The summed E-state index contributed by atoms with van der Waals surface area (Å²) in [6.07, 6.45) is 4.60. The van der Waals surface area contributed by atoms with Crippen LogP contribution in [0.4, 0.5) is 0 Å². The highest BCUT2D eigenvalue weighted by Gasteiger charge is 2.36. The van der Waals surface area contributed by atoms with Gasteiger partial charge >= 0.3 is 0 Å². The molecule has 0 aromatic rings. The fourth-order valence-electron chi connectivity index (χ4n) is 2.46. The summed E-state index contributed by atoms with van der Waals surface area (Å²) in [5, 5.41) is 12.4. The molecule has 7 heteroatoms. The van der Waals surface area contributed by atoms with Crippen molar-refractivity contribution in [3.05, 3.63) is 0 Å². The zero-order chi connectivity index (χ0) is 15.4. The van der Waals surface area contributed by atoms with E-state index < -0.39 is 21.4 Å². The Morgan fingerprint density at radius 1 is 1.45 bits per heavy atom. The predicted molar refractivity (Wildman–Crippen MR) is 77.9 cm³/mol. The molecule has 0 aliphatic heterocycles. The molecule has 0 heterocycles. The first-order valence-electron chi connectivity index (χ1n) is 7.04. The SMILES string of the molecule is CC1CCC(CO)(NC(=O)C(N)CCS(C)(=O)=O)CC1. The zero-order valence-electron chi connectivity index (χ0n) is 12.3. The fourth-order valence-corrected chi connectivity index (χ4v) is 3.15. The Balaban J connectivity index is 2.54. The minimum Gasteiger partial charge on any atom is -0.394 e. The topological polar surface area (TPSA) is 109 Å². The number of hydrogen-bond acceptors (Lipinski definition) is 5. The van der Waals surface area contributed by atoms with E-state index in [9.17, 15) is 18.3 Å². The van der Waals surface area contributed by atoms with E-state index in [4.69, 9.17) is 5.73 Å². The van der Waals surface area contributed by atoms with Crippen molar-refractivity contribution in [1.29, 1.82) is 0 Å². The summed E-state index contributed by atoms with van der Waals surface area (Å²) in [4.78, 5) is 12.0. The van der Waals surface area contributed by atoms with Crippen molar-refractivity contribution in [3.8, 4) is 0 Å². The van der Waals surface area contributed by atoms with Crippen molar-refractivity contribution in [1.82, 2.24) is 5.32 Å². The number of aliphatic hydroxyl groups is 1. The van der Waals surface area contributed by atoms with Crippen molar-refractivity contribution >= 4 is 15.7 Å². The Morgan fingerprint density at radius 3 is 2.45 bits per heavy atom. The van der Waals surface area contributed by atoms with Gasteiger partial charge < -0.3 is 16.2 Å². The average Bonchev–Trinajstić information content (AvgIpc) is 2.38. The van der Waals surface area contributed by atoms with Crippen LogP contribution in [0.2, 0.25) is 0 Å². The molecule has 1 unspecified atom stereocenters. The number of sulfone groups is 1. The summed E-state index contributed by atoms with van der Waals surface area (Å²) in [5.74, 6) is 0.118. The molecule has 1 fully saturated rings. The maximum absolute atomic E-state index is 12.0. The van der Waals surface area contributed by atoms with Crippen molar-refractivity contribution in [2.45, 2.75) is 50.6 Å². The molecule has 1 aliphatic carbocycles. The van der Waals surface area contributed by atoms with Crippen LogP contribution in [-0.2, 0) is 14.6 Å². The van der Waals surface area contributed by atoms with Crippen LogP contribution in [0.15, 0.2) is 0 Å². The molecule has 6 nitrogen and oxygen atoms in total. The van der Waals surface area contributed by atoms with E-state index in [2.05, 4.69) is 12.2 Å². The third-order valence-corrected chi connectivity index (χ3v) is 5.04. The Hall–Kier alpha value is -0.660. The number of amides is 1. The Bertz CT molecular complexity index is 428. The van der Waals surface area contributed by atoms with Crippen molar-refractivity contribution in [2.24, 2.45) is 11.7 Å². The third kappa shape index (κ3) is 5.38. The molecule has 0 spiro atoms. The molecule has 1 aliphatic rings. The van der Waals surface area contributed by atoms with Gasteiger partial charge in [0.1, 0.15) is 9.84 Å². The highest BCUT2D eigenvalue weighted by molar-refractivity contribution is 7.90. The standard InChI is InChI=1S/C13H26N2O4S/c1-10-3-6-13(9-16,7-4-10)15-12(17)11(14)5-8-20(2,18)19/h10-11,16H,3-9,14H2,1-2H3,(H,15,17). The van der Waals surface area contributed by atoms with E-state index >= 15 is 0 Å². The molecule has 20 heavy (non-hydrogen) atoms. The Morgan fingerprint density at radius 2 is 2.00 bits per heavy atom. The largest absolute Gasteiger partial charge is 0.394 e. The molecule has 118 valence electrons. The molecule has 1 rings (SSSR count). The quantitative estimate of drug-likeness (QED) is 0.630. The molecule has 0 radical (unpaired) electrons. The van der Waals surface area contributed by atoms with Gasteiger partial charge in [-0.2, -0.15) is 0 Å². The molecule has 0 bridgehead atoms. The van der Waals surface area contributed by atoms with Gasteiger partial charge in [-0.05, 0) is 38.0 Å². The monoisotopic (exact) mass is 306 g/mol. The number of nitrogens with two attached hydrogens (primary N) is 1. The first-order chi connectivity index (χ1) is 9.17. The van der Waals surface area contributed by atoms with Crippen molar-refractivity contribution < 1.29 is 18.3 Å². The molecule has 1 saturated carbocycles. The van der Waals surface area contributed by atoms with Crippen LogP contribution >= 0.6 is 0 Å². The first kappa shape index (κ1) is 17.4. The smallest absolute Gasteiger partial charge is 0.237 e. The molecular formula is C13H26N2O4S. The van der Waals surface area contributed by atoms with Crippen LogP contribution in [0.1, 0.15) is 39.0 Å². The summed E-state index contributed by atoms with van der Waals surface area (Å²) in [5.41, 5.74) is 5.13. The number of nitrogens with one attached hydrogen (secondary N) is 1. The fraction of sp³-hybridized carbons (Fsp3) is 0.923. The van der Waals surface area contributed by atoms with Gasteiger partial charge in [-0.25, -0.2) is 8.42 Å². The summed E-state index contributed by atoms with van der Waals surface area (Å²) in [6.45, 7) is 2.05. The summed E-state index contributed by atoms with van der Waals surface area (Å²) < 4.78 is 22.2. The third-order valence-electron chi connectivity index (χ3n) is 4.06. The lowest BCUT2D eigenvalue weighted by Gasteiger charge is -2.39. The van der Waals surface area contributed by atoms with Gasteiger partial charge in [0.15, 0.2) is 0 Å². The van der Waals surface area contributed by atoms with Gasteiger partial charge in [0.25, 0.3) is 0 Å². The lowest BCUT2D eigenvalue weighted by atomic mass is 9.77. The second-order valence-electron chi connectivity index (χ2n) is 6.14. The lowest BCUT2D eigenvalue weighted by Crippen LogP contribution is -2.57. The van der Waals surface area contributed by atoms with Gasteiger partial charge in [0.2, 0.25) is 5.91 Å². The second kappa shape index (κ2) is 6.87. The van der Waals surface area contributed by atoms with E-state index in [0.29, 0.717) is 5.92 Å². The van der Waals surface area contributed by atoms with Gasteiger partial charge in [0.05, 0.1) is 23.9 Å². The van der Waals surface area contributed by atoms with Crippen LogP contribution in [0.25, 0.3) is 0 Å². The van der Waals surface area contributed by atoms with Crippen LogP contribution < -0.4 is 11.1 Å². The van der Waals surface area contributed by atoms with Crippen LogP contribution in [0.3, 0.4) is 0 Å². The van der Waals surface area contributed by atoms with E-state index in [1.54, 1.807) is 0 Å². The number of rotatable bonds is 6.